The van der Waals surface area contributed by atoms with E-state index in [0.29, 0.717) is 5.56 Å². The lowest BCUT2D eigenvalue weighted by molar-refractivity contribution is 0.100. The SMILES string of the molecule is NC(=O)c1cn[nH]c1NC(=O)c1ccncc1. The fourth-order valence-electron chi connectivity index (χ4n) is 1.26. The molecule has 0 radical (unpaired) electrons. The molecule has 0 aromatic carbocycles. The summed E-state index contributed by atoms with van der Waals surface area (Å²) in [5.74, 6) is -0.859. The van der Waals surface area contributed by atoms with Gasteiger partial charge in [-0.15, -0.1) is 0 Å². The Hall–Kier alpha value is -2.70. The summed E-state index contributed by atoms with van der Waals surface area (Å²) in [4.78, 5) is 26.5. The Balaban J connectivity index is 2.19. The summed E-state index contributed by atoms with van der Waals surface area (Å²) in [6.45, 7) is 0. The average Bonchev–Trinajstić information content (AvgIpc) is 2.78. The standard InChI is InChI=1S/C10H9N5O2/c11-8(16)7-5-13-15-9(7)14-10(17)6-1-3-12-4-2-6/h1-5H,(H2,11,16)(H2,13,14,15,17). The number of carbonyl (C=O) groups is 2. The number of pyridine rings is 1. The number of aromatic amines is 1. The third kappa shape index (κ3) is 2.28. The molecule has 0 aliphatic carbocycles. The molecular formula is C10H9N5O2. The summed E-state index contributed by atoms with van der Waals surface area (Å²) in [6, 6.07) is 3.10. The number of primary amides is 1. The normalized spacial score (nSPS) is 9.88. The van der Waals surface area contributed by atoms with E-state index in [1.165, 1.54) is 18.6 Å². The van der Waals surface area contributed by atoms with E-state index in [1.807, 2.05) is 0 Å². The third-order valence-corrected chi connectivity index (χ3v) is 2.09. The quantitative estimate of drug-likeness (QED) is 0.697. The summed E-state index contributed by atoms with van der Waals surface area (Å²) >= 11 is 0. The second-order valence-electron chi connectivity index (χ2n) is 3.21. The van der Waals surface area contributed by atoms with Crippen molar-refractivity contribution in [1.82, 2.24) is 15.2 Å². The van der Waals surface area contributed by atoms with Gasteiger partial charge in [0.05, 0.1) is 6.20 Å². The first-order valence-corrected chi connectivity index (χ1v) is 4.73. The second-order valence-corrected chi connectivity index (χ2v) is 3.21. The van der Waals surface area contributed by atoms with Crippen LogP contribution in [0.4, 0.5) is 5.82 Å². The number of nitrogens with two attached hydrogens (primary N) is 1. The molecule has 17 heavy (non-hydrogen) atoms. The average molecular weight is 231 g/mol. The first-order valence-electron chi connectivity index (χ1n) is 4.73. The highest BCUT2D eigenvalue weighted by Crippen LogP contribution is 2.11. The Kier molecular flexibility index (Phi) is 2.82. The molecule has 4 N–H and O–H groups in total. The fraction of sp³-hybridized carbons (Fsp3) is 0. The van der Waals surface area contributed by atoms with E-state index in [0.717, 1.165) is 0 Å². The highest BCUT2D eigenvalue weighted by Gasteiger charge is 2.13. The predicted octanol–water partition coefficient (Wildman–Crippen LogP) is 0.156. The highest BCUT2D eigenvalue weighted by molar-refractivity contribution is 6.07. The third-order valence-electron chi connectivity index (χ3n) is 2.09. The van der Waals surface area contributed by atoms with Crippen LogP contribution in [0.5, 0.6) is 0 Å². The van der Waals surface area contributed by atoms with Gasteiger partial charge in [-0.3, -0.25) is 19.7 Å². The molecule has 0 unspecified atom stereocenters. The van der Waals surface area contributed by atoms with E-state index in [9.17, 15) is 9.59 Å². The number of nitrogens with zero attached hydrogens (tertiary/aromatic N) is 2. The van der Waals surface area contributed by atoms with E-state index in [4.69, 9.17) is 5.73 Å². The first-order chi connectivity index (χ1) is 8.18. The molecule has 2 amide bonds. The van der Waals surface area contributed by atoms with Crippen LogP contribution in [0.25, 0.3) is 0 Å². The van der Waals surface area contributed by atoms with E-state index < -0.39 is 5.91 Å². The summed E-state index contributed by atoms with van der Waals surface area (Å²) in [7, 11) is 0. The minimum absolute atomic E-state index is 0.132. The number of amides is 2. The zero-order valence-corrected chi connectivity index (χ0v) is 8.68. The van der Waals surface area contributed by atoms with Crippen molar-refractivity contribution in [3.63, 3.8) is 0 Å². The largest absolute Gasteiger partial charge is 0.365 e. The molecule has 0 saturated carbocycles. The zero-order chi connectivity index (χ0) is 12.3. The molecule has 0 bridgehead atoms. The molecule has 2 rings (SSSR count). The topological polar surface area (TPSA) is 114 Å². The van der Waals surface area contributed by atoms with E-state index in [1.54, 1.807) is 12.1 Å². The van der Waals surface area contributed by atoms with E-state index >= 15 is 0 Å². The van der Waals surface area contributed by atoms with Gasteiger partial charge in [0, 0.05) is 18.0 Å². The molecule has 0 fully saturated rings. The summed E-state index contributed by atoms with van der Waals surface area (Å²) in [5.41, 5.74) is 5.67. The lowest BCUT2D eigenvalue weighted by Gasteiger charge is -2.03. The summed E-state index contributed by atoms with van der Waals surface area (Å²) < 4.78 is 0. The summed E-state index contributed by atoms with van der Waals surface area (Å²) in [5, 5.41) is 8.63. The molecular weight excluding hydrogens is 222 g/mol. The van der Waals surface area contributed by atoms with Gasteiger partial charge in [0.15, 0.2) is 0 Å². The molecule has 2 aromatic rings. The van der Waals surface area contributed by atoms with Gasteiger partial charge >= 0.3 is 0 Å². The molecule has 86 valence electrons. The van der Waals surface area contributed by atoms with Gasteiger partial charge in [0.25, 0.3) is 11.8 Å². The van der Waals surface area contributed by atoms with Crippen LogP contribution >= 0.6 is 0 Å². The number of nitrogens with one attached hydrogen (secondary N) is 2. The lowest BCUT2D eigenvalue weighted by atomic mass is 10.2. The number of anilines is 1. The number of carbonyl (C=O) groups excluding carboxylic acids is 2. The minimum Gasteiger partial charge on any atom is -0.365 e. The minimum atomic E-state index is -0.663. The fourth-order valence-corrected chi connectivity index (χ4v) is 1.26. The molecule has 2 heterocycles. The number of hydrogen-bond acceptors (Lipinski definition) is 4. The number of rotatable bonds is 3. The van der Waals surface area contributed by atoms with Crippen LogP contribution < -0.4 is 11.1 Å². The van der Waals surface area contributed by atoms with Crippen LogP contribution in [0.2, 0.25) is 0 Å². The maximum Gasteiger partial charge on any atom is 0.256 e. The number of aromatic nitrogens is 3. The van der Waals surface area contributed by atoms with Crippen molar-refractivity contribution < 1.29 is 9.59 Å². The molecule has 0 aliphatic rings. The molecule has 0 spiro atoms. The second kappa shape index (κ2) is 4.44. The lowest BCUT2D eigenvalue weighted by Crippen LogP contribution is -2.17. The maximum atomic E-state index is 11.7. The van der Waals surface area contributed by atoms with Gasteiger partial charge in [-0.25, -0.2) is 0 Å². The maximum absolute atomic E-state index is 11.7. The van der Waals surface area contributed by atoms with E-state index in [2.05, 4.69) is 20.5 Å². The van der Waals surface area contributed by atoms with Gasteiger partial charge in [-0.05, 0) is 12.1 Å². The van der Waals surface area contributed by atoms with E-state index in [-0.39, 0.29) is 17.3 Å². The van der Waals surface area contributed by atoms with Crippen molar-refractivity contribution in [3.8, 4) is 0 Å². The molecule has 7 heteroatoms. The van der Waals surface area contributed by atoms with Crippen molar-refractivity contribution in [1.29, 1.82) is 0 Å². The van der Waals surface area contributed by atoms with Gasteiger partial charge in [-0.1, -0.05) is 0 Å². The van der Waals surface area contributed by atoms with Crippen LogP contribution in [-0.4, -0.2) is 27.0 Å². The van der Waals surface area contributed by atoms with Crippen LogP contribution in [0, 0.1) is 0 Å². The Morgan fingerprint density at radius 1 is 1.29 bits per heavy atom. The highest BCUT2D eigenvalue weighted by atomic mass is 16.2. The van der Waals surface area contributed by atoms with Gasteiger partial charge in [0.1, 0.15) is 11.4 Å². The van der Waals surface area contributed by atoms with Crippen LogP contribution in [0.15, 0.2) is 30.7 Å². The predicted molar refractivity (Wildman–Crippen MR) is 59.3 cm³/mol. The van der Waals surface area contributed by atoms with Gasteiger partial charge in [0.2, 0.25) is 0 Å². The molecule has 0 aliphatic heterocycles. The Labute approximate surface area is 96.0 Å². The van der Waals surface area contributed by atoms with Crippen LogP contribution in [0.3, 0.4) is 0 Å². The zero-order valence-electron chi connectivity index (χ0n) is 8.68. The number of H-pyrrole nitrogens is 1. The van der Waals surface area contributed by atoms with Crippen molar-refractivity contribution in [2.45, 2.75) is 0 Å². The van der Waals surface area contributed by atoms with Crippen molar-refractivity contribution in [2.24, 2.45) is 5.73 Å². The molecule has 0 saturated heterocycles. The number of hydrogen-bond donors (Lipinski definition) is 3. The van der Waals surface area contributed by atoms with Gasteiger partial charge in [-0.2, -0.15) is 5.10 Å². The first kappa shape index (κ1) is 10.8. The van der Waals surface area contributed by atoms with Gasteiger partial charge < -0.3 is 11.1 Å². The van der Waals surface area contributed by atoms with Crippen LogP contribution in [-0.2, 0) is 0 Å². The molecule has 0 atom stereocenters. The van der Waals surface area contributed by atoms with Crippen molar-refractivity contribution in [2.75, 3.05) is 5.32 Å². The smallest absolute Gasteiger partial charge is 0.256 e. The Morgan fingerprint density at radius 3 is 2.65 bits per heavy atom. The molecule has 2 aromatic heterocycles. The molecule has 7 nitrogen and oxygen atoms in total. The van der Waals surface area contributed by atoms with Crippen molar-refractivity contribution >= 4 is 17.6 Å². The monoisotopic (exact) mass is 231 g/mol. The Morgan fingerprint density at radius 2 is 2.00 bits per heavy atom. The van der Waals surface area contributed by atoms with Crippen LogP contribution in [0.1, 0.15) is 20.7 Å². The summed E-state index contributed by atoms with van der Waals surface area (Å²) in [6.07, 6.45) is 4.25. The Bertz CT molecular complexity index is 549. The van der Waals surface area contributed by atoms with Crippen molar-refractivity contribution in [3.05, 3.63) is 41.9 Å².